The number of amides is 2. The fourth-order valence-electron chi connectivity index (χ4n) is 2.12. The summed E-state index contributed by atoms with van der Waals surface area (Å²) in [6.07, 6.45) is 3.60. The Hall–Kier alpha value is -1.58. The lowest BCUT2D eigenvalue weighted by Gasteiger charge is -2.30. The molecule has 0 aromatic carbocycles. The van der Waals surface area contributed by atoms with Crippen molar-refractivity contribution in [3.05, 3.63) is 27.4 Å². The molecule has 0 aliphatic rings. The molecule has 7 nitrogen and oxygen atoms in total. The van der Waals surface area contributed by atoms with Gasteiger partial charge in [0, 0.05) is 6.04 Å². The van der Waals surface area contributed by atoms with Gasteiger partial charge in [0.1, 0.15) is 11.9 Å². The third-order valence-corrected chi connectivity index (χ3v) is 4.10. The fraction of sp³-hybridized carbons (Fsp3) is 0.562. The molecule has 0 aliphatic carbocycles. The van der Waals surface area contributed by atoms with Crippen LogP contribution in [0.3, 0.4) is 0 Å². The Labute approximate surface area is 156 Å². The standard InChI is InChI=1S/C16H25IN4O3/c1-6-11(4)21(9-14-18-8-13(17)20-14)15(22)12(7-10(2)3)19-16(23)24-5/h7-8,11-12H,6,9H2,1-5H3,(H,18,20)(H,19,23)/t11-,12?/m0/s1. The summed E-state index contributed by atoms with van der Waals surface area (Å²) in [5.41, 5.74) is 0.932. The van der Waals surface area contributed by atoms with E-state index < -0.39 is 12.1 Å². The number of carbonyl (C=O) groups is 2. The Balaban J connectivity index is 3.05. The minimum atomic E-state index is -0.773. The number of hydrogen-bond acceptors (Lipinski definition) is 4. The molecule has 2 amide bonds. The van der Waals surface area contributed by atoms with Crippen molar-refractivity contribution >= 4 is 34.6 Å². The van der Waals surface area contributed by atoms with Gasteiger partial charge in [-0.15, -0.1) is 0 Å². The molecule has 0 fully saturated rings. The van der Waals surface area contributed by atoms with Gasteiger partial charge in [-0.25, -0.2) is 9.78 Å². The smallest absolute Gasteiger partial charge is 0.407 e. The minimum absolute atomic E-state index is 0.00719. The highest BCUT2D eigenvalue weighted by Gasteiger charge is 2.28. The van der Waals surface area contributed by atoms with Crippen LogP contribution in [0.15, 0.2) is 17.8 Å². The van der Waals surface area contributed by atoms with Gasteiger partial charge in [-0.3, -0.25) is 4.79 Å². The number of hydrogen-bond donors (Lipinski definition) is 2. The summed E-state index contributed by atoms with van der Waals surface area (Å²) in [6, 6.07) is -0.766. The van der Waals surface area contributed by atoms with Crippen LogP contribution < -0.4 is 5.32 Å². The van der Waals surface area contributed by atoms with Crippen molar-refractivity contribution in [1.82, 2.24) is 20.2 Å². The van der Waals surface area contributed by atoms with Gasteiger partial charge >= 0.3 is 6.09 Å². The lowest BCUT2D eigenvalue weighted by molar-refractivity contribution is -0.135. The van der Waals surface area contributed by atoms with Crippen LogP contribution in [0.25, 0.3) is 0 Å². The molecule has 1 rings (SSSR count). The molecule has 0 bridgehead atoms. The van der Waals surface area contributed by atoms with Gasteiger partial charge in [0.15, 0.2) is 0 Å². The molecule has 1 aromatic rings. The predicted molar refractivity (Wildman–Crippen MR) is 100 cm³/mol. The molecule has 24 heavy (non-hydrogen) atoms. The van der Waals surface area contributed by atoms with Crippen LogP contribution in [0.5, 0.6) is 0 Å². The minimum Gasteiger partial charge on any atom is -0.453 e. The molecule has 0 spiro atoms. The van der Waals surface area contributed by atoms with Crippen molar-refractivity contribution in [3.8, 4) is 0 Å². The number of allylic oxidation sites excluding steroid dienone is 1. The van der Waals surface area contributed by atoms with Crippen LogP contribution in [0.4, 0.5) is 4.79 Å². The molecule has 1 aromatic heterocycles. The summed E-state index contributed by atoms with van der Waals surface area (Å²) >= 11 is 2.14. The maximum Gasteiger partial charge on any atom is 0.407 e. The zero-order valence-electron chi connectivity index (χ0n) is 14.7. The van der Waals surface area contributed by atoms with E-state index in [0.717, 1.165) is 15.7 Å². The maximum atomic E-state index is 13.0. The number of ether oxygens (including phenoxy) is 1. The van der Waals surface area contributed by atoms with E-state index in [1.807, 2.05) is 27.7 Å². The Morgan fingerprint density at radius 3 is 2.62 bits per heavy atom. The lowest BCUT2D eigenvalue weighted by atomic mass is 10.1. The third kappa shape index (κ3) is 6.14. The fourth-order valence-corrected chi connectivity index (χ4v) is 2.57. The maximum absolute atomic E-state index is 13.0. The average molecular weight is 448 g/mol. The van der Waals surface area contributed by atoms with E-state index in [4.69, 9.17) is 0 Å². The highest BCUT2D eigenvalue weighted by molar-refractivity contribution is 14.1. The summed E-state index contributed by atoms with van der Waals surface area (Å²) in [5, 5.41) is 2.59. The zero-order valence-corrected chi connectivity index (χ0v) is 16.9. The SMILES string of the molecule is CC[C@H](C)N(Cc1ncc(I)[nH]1)C(=O)C(C=C(C)C)NC(=O)OC. The second-order valence-electron chi connectivity index (χ2n) is 5.76. The van der Waals surface area contributed by atoms with E-state index in [0.29, 0.717) is 12.4 Å². The molecule has 2 N–H and O–H groups in total. The number of carbonyl (C=O) groups excluding carboxylic acids is 2. The topological polar surface area (TPSA) is 87.3 Å². The van der Waals surface area contributed by atoms with Gasteiger partial charge < -0.3 is 19.9 Å². The van der Waals surface area contributed by atoms with Gasteiger partial charge in [-0.1, -0.05) is 18.6 Å². The van der Waals surface area contributed by atoms with E-state index >= 15 is 0 Å². The summed E-state index contributed by atoms with van der Waals surface area (Å²) in [6.45, 7) is 8.10. The molecule has 134 valence electrons. The monoisotopic (exact) mass is 448 g/mol. The number of H-pyrrole nitrogens is 1. The molecule has 0 saturated carbocycles. The van der Waals surface area contributed by atoms with Crippen LogP contribution in [-0.4, -0.2) is 46.1 Å². The van der Waals surface area contributed by atoms with Gasteiger partial charge in [-0.05, 0) is 49.8 Å². The number of rotatable bonds is 7. The summed E-state index contributed by atoms with van der Waals surface area (Å²) in [4.78, 5) is 33.7. The van der Waals surface area contributed by atoms with E-state index in [9.17, 15) is 9.59 Å². The average Bonchev–Trinajstić information content (AvgIpc) is 2.95. The van der Waals surface area contributed by atoms with Crippen molar-refractivity contribution in [1.29, 1.82) is 0 Å². The number of alkyl carbamates (subject to hydrolysis) is 1. The van der Waals surface area contributed by atoms with E-state index in [1.54, 1.807) is 17.2 Å². The van der Waals surface area contributed by atoms with Gasteiger partial charge in [0.2, 0.25) is 5.91 Å². The lowest BCUT2D eigenvalue weighted by Crippen LogP contribution is -2.50. The summed E-state index contributed by atoms with van der Waals surface area (Å²) in [7, 11) is 1.27. The van der Waals surface area contributed by atoms with Crippen molar-refractivity contribution in [2.45, 2.75) is 52.7 Å². The number of aromatic nitrogens is 2. The highest BCUT2D eigenvalue weighted by atomic mass is 127. The molecule has 8 heteroatoms. The first-order valence-electron chi connectivity index (χ1n) is 7.77. The number of aromatic amines is 1. The molecule has 1 heterocycles. The highest BCUT2D eigenvalue weighted by Crippen LogP contribution is 2.13. The van der Waals surface area contributed by atoms with Crippen molar-refractivity contribution in [2.75, 3.05) is 7.11 Å². The second kappa shape index (κ2) is 9.65. The number of halogens is 1. The third-order valence-electron chi connectivity index (χ3n) is 3.55. The molecule has 0 aliphatic heterocycles. The molecular weight excluding hydrogens is 423 g/mol. The predicted octanol–water partition coefficient (Wildman–Crippen LogP) is 2.83. The Kier molecular flexibility index (Phi) is 8.23. The van der Waals surface area contributed by atoms with Crippen molar-refractivity contribution in [3.63, 3.8) is 0 Å². The van der Waals surface area contributed by atoms with E-state index in [1.165, 1.54) is 7.11 Å². The van der Waals surface area contributed by atoms with E-state index in [-0.39, 0.29) is 11.9 Å². The largest absolute Gasteiger partial charge is 0.453 e. The van der Waals surface area contributed by atoms with Crippen LogP contribution in [0.2, 0.25) is 0 Å². The van der Waals surface area contributed by atoms with Gasteiger partial charge in [0.05, 0.1) is 23.6 Å². The van der Waals surface area contributed by atoms with Gasteiger partial charge in [-0.2, -0.15) is 0 Å². The number of imidazole rings is 1. The van der Waals surface area contributed by atoms with Gasteiger partial charge in [0.25, 0.3) is 0 Å². The molecular formula is C16H25IN4O3. The first kappa shape index (κ1) is 20.5. The number of methoxy groups -OCH3 is 1. The normalized spacial score (nSPS) is 12.9. The zero-order chi connectivity index (χ0) is 18.3. The Bertz CT molecular complexity index is 596. The molecule has 2 atom stereocenters. The second-order valence-corrected chi connectivity index (χ2v) is 6.92. The molecule has 1 unspecified atom stereocenters. The molecule has 0 saturated heterocycles. The first-order valence-corrected chi connectivity index (χ1v) is 8.85. The summed E-state index contributed by atoms with van der Waals surface area (Å²) in [5.74, 6) is 0.518. The van der Waals surface area contributed by atoms with Crippen LogP contribution in [0, 0.1) is 3.70 Å². The van der Waals surface area contributed by atoms with Crippen LogP contribution >= 0.6 is 22.6 Å². The van der Waals surface area contributed by atoms with E-state index in [2.05, 4.69) is 42.6 Å². The first-order chi connectivity index (χ1) is 11.3. The Morgan fingerprint density at radius 1 is 1.50 bits per heavy atom. The van der Waals surface area contributed by atoms with Crippen LogP contribution in [0.1, 0.15) is 39.9 Å². The number of nitrogens with zero attached hydrogens (tertiary/aromatic N) is 2. The Morgan fingerprint density at radius 2 is 2.17 bits per heavy atom. The quantitative estimate of drug-likeness (QED) is 0.496. The molecule has 0 radical (unpaired) electrons. The van der Waals surface area contributed by atoms with Crippen molar-refractivity contribution in [2.24, 2.45) is 0 Å². The summed E-state index contributed by atoms with van der Waals surface area (Å²) < 4.78 is 5.54. The number of nitrogens with one attached hydrogen (secondary N) is 2. The van der Waals surface area contributed by atoms with Crippen LogP contribution in [-0.2, 0) is 16.1 Å². The van der Waals surface area contributed by atoms with Crippen molar-refractivity contribution < 1.29 is 14.3 Å².